The van der Waals surface area contributed by atoms with Gasteiger partial charge in [0.15, 0.2) is 6.61 Å². The maximum Gasteiger partial charge on any atom is 0.259 e. The molecule has 0 atom stereocenters. The standard InChI is InChI=1S/C25H32N2O4/c1-26(2)24(28)18-31-23-6-4-5-21(17-23)25(29)27-15-13-20(14-16-27)8-7-19-9-11-22(30-3)12-10-19/h4-6,9-12,17,20H,7-8,13-16,18H2,1-3H3. The minimum absolute atomic E-state index is 0.0259. The maximum absolute atomic E-state index is 12.9. The van der Waals surface area contributed by atoms with E-state index in [1.807, 2.05) is 17.0 Å². The molecule has 166 valence electrons. The highest BCUT2D eigenvalue weighted by Crippen LogP contribution is 2.25. The van der Waals surface area contributed by atoms with Crippen LogP contribution in [-0.2, 0) is 11.2 Å². The van der Waals surface area contributed by atoms with Crippen LogP contribution in [0.15, 0.2) is 48.5 Å². The molecular formula is C25H32N2O4. The number of likely N-dealkylation sites (tertiary alicyclic amines) is 1. The number of nitrogens with zero attached hydrogens (tertiary/aromatic N) is 2. The Hall–Kier alpha value is -3.02. The molecule has 0 bridgehead atoms. The third-order valence-electron chi connectivity index (χ3n) is 5.84. The lowest BCUT2D eigenvalue weighted by Gasteiger charge is -2.32. The quantitative estimate of drug-likeness (QED) is 0.649. The number of ether oxygens (including phenoxy) is 2. The van der Waals surface area contributed by atoms with E-state index >= 15 is 0 Å². The summed E-state index contributed by atoms with van der Waals surface area (Å²) in [7, 11) is 5.05. The van der Waals surface area contributed by atoms with E-state index in [9.17, 15) is 9.59 Å². The fourth-order valence-electron chi connectivity index (χ4n) is 3.76. The second kappa shape index (κ2) is 10.8. The number of methoxy groups -OCH3 is 1. The van der Waals surface area contributed by atoms with Crippen molar-refractivity contribution in [2.24, 2.45) is 5.92 Å². The van der Waals surface area contributed by atoms with Gasteiger partial charge in [-0.05, 0) is 67.5 Å². The largest absolute Gasteiger partial charge is 0.497 e. The number of likely N-dealkylation sites (N-methyl/N-ethyl adjacent to an activating group) is 1. The van der Waals surface area contributed by atoms with Gasteiger partial charge < -0.3 is 19.3 Å². The molecule has 1 saturated heterocycles. The van der Waals surface area contributed by atoms with Gasteiger partial charge in [-0.3, -0.25) is 9.59 Å². The van der Waals surface area contributed by atoms with E-state index in [2.05, 4.69) is 12.1 Å². The van der Waals surface area contributed by atoms with Crippen LogP contribution in [0, 0.1) is 5.92 Å². The molecule has 2 aromatic carbocycles. The van der Waals surface area contributed by atoms with Crippen molar-refractivity contribution in [3.63, 3.8) is 0 Å². The second-order valence-electron chi connectivity index (χ2n) is 8.23. The molecule has 0 saturated carbocycles. The van der Waals surface area contributed by atoms with E-state index in [1.54, 1.807) is 45.5 Å². The molecule has 3 rings (SSSR count). The smallest absolute Gasteiger partial charge is 0.259 e. The highest BCUT2D eigenvalue weighted by atomic mass is 16.5. The molecule has 2 aromatic rings. The molecule has 0 spiro atoms. The molecule has 1 aliphatic rings. The summed E-state index contributed by atoms with van der Waals surface area (Å²) in [4.78, 5) is 28.0. The number of rotatable bonds is 8. The highest BCUT2D eigenvalue weighted by molar-refractivity contribution is 5.94. The third-order valence-corrected chi connectivity index (χ3v) is 5.84. The molecule has 0 aromatic heterocycles. The van der Waals surface area contributed by atoms with Crippen LogP contribution in [0.3, 0.4) is 0 Å². The summed E-state index contributed by atoms with van der Waals surface area (Å²) in [5.74, 6) is 1.97. The van der Waals surface area contributed by atoms with E-state index < -0.39 is 0 Å². The van der Waals surface area contributed by atoms with E-state index in [0.29, 0.717) is 17.2 Å². The van der Waals surface area contributed by atoms with E-state index in [1.165, 1.54) is 10.5 Å². The molecule has 1 fully saturated rings. The minimum Gasteiger partial charge on any atom is -0.497 e. The average molecular weight is 425 g/mol. The predicted molar refractivity (Wildman–Crippen MR) is 121 cm³/mol. The van der Waals surface area contributed by atoms with E-state index in [-0.39, 0.29) is 18.4 Å². The van der Waals surface area contributed by atoms with Crippen LogP contribution < -0.4 is 9.47 Å². The molecule has 0 unspecified atom stereocenters. The molecule has 0 radical (unpaired) electrons. The number of amides is 2. The lowest BCUT2D eigenvalue weighted by molar-refractivity contribution is -0.130. The van der Waals surface area contributed by atoms with Gasteiger partial charge in [0, 0.05) is 32.7 Å². The zero-order chi connectivity index (χ0) is 22.2. The Morgan fingerprint density at radius 3 is 2.39 bits per heavy atom. The Bertz CT molecular complexity index is 871. The first-order valence-corrected chi connectivity index (χ1v) is 10.8. The van der Waals surface area contributed by atoms with Crippen molar-refractivity contribution in [2.75, 3.05) is 40.9 Å². The van der Waals surface area contributed by atoms with Gasteiger partial charge in [-0.15, -0.1) is 0 Å². The Morgan fingerprint density at radius 1 is 1.03 bits per heavy atom. The van der Waals surface area contributed by atoms with Crippen molar-refractivity contribution in [3.05, 3.63) is 59.7 Å². The summed E-state index contributed by atoms with van der Waals surface area (Å²) in [6, 6.07) is 15.3. The van der Waals surface area contributed by atoms with Crippen LogP contribution in [0.5, 0.6) is 11.5 Å². The summed E-state index contributed by atoms with van der Waals surface area (Å²) in [6.07, 6.45) is 4.23. The number of hydrogen-bond donors (Lipinski definition) is 0. The first-order chi connectivity index (χ1) is 15.0. The number of carbonyl (C=O) groups is 2. The van der Waals surface area contributed by atoms with Crippen molar-refractivity contribution in [3.8, 4) is 11.5 Å². The van der Waals surface area contributed by atoms with Crippen LogP contribution in [0.25, 0.3) is 0 Å². The zero-order valence-corrected chi connectivity index (χ0v) is 18.7. The first kappa shape index (κ1) is 22.7. The summed E-state index contributed by atoms with van der Waals surface area (Å²) >= 11 is 0. The topological polar surface area (TPSA) is 59.1 Å². The van der Waals surface area contributed by atoms with Gasteiger partial charge in [0.05, 0.1) is 7.11 Å². The Labute approximate surface area is 184 Å². The molecule has 0 aliphatic carbocycles. The van der Waals surface area contributed by atoms with Crippen LogP contribution in [0.4, 0.5) is 0 Å². The fourth-order valence-corrected chi connectivity index (χ4v) is 3.76. The van der Waals surface area contributed by atoms with Crippen LogP contribution >= 0.6 is 0 Å². The van der Waals surface area contributed by atoms with Gasteiger partial charge in [-0.2, -0.15) is 0 Å². The van der Waals surface area contributed by atoms with E-state index in [0.717, 1.165) is 44.5 Å². The molecule has 1 heterocycles. The van der Waals surface area contributed by atoms with Crippen molar-refractivity contribution >= 4 is 11.8 Å². The Balaban J connectivity index is 1.47. The fraction of sp³-hybridized carbons (Fsp3) is 0.440. The number of benzene rings is 2. The minimum atomic E-state index is -0.117. The molecular weight excluding hydrogens is 392 g/mol. The predicted octanol–water partition coefficient (Wildman–Crippen LogP) is 3.65. The van der Waals surface area contributed by atoms with Crippen molar-refractivity contribution in [2.45, 2.75) is 25.7 Å². The van der Waals surface area contributed by atoms with Gasteiger partial charge in [0.1, 0.15) is 11.5 Å². The molecule has 6 nitrogen and oxygen atoms in total. The van der Waals surface area contributed by atoms with Gasteiger partial charge >= 0.3 is 0 Å². The monoisotopic (exact) mass is 424 g/mol. The molecule has 31 heavy (non-hydrogen) atoms. The summed E-state index contributed by atoms with van der Waals surface area (Å²) in [6.45, 7) is 1.51. The summed E-state index contributed by atoms with van der Waals surface area (Å²) in [5, 5.41) is 0. The lowest BCUT2D eigenvalue weighted by atomic mass is 9.90. The Morgan fingerprint density at radius 2 is 1.74 bits per heavy atom. The summed E-state index contributed by atoms with van der Waals surface area (Å²) in [5.41, 5.74) is 1.93. The normalized spacial score (nSPS) is 14.2. The SMILES string of the molecule is COc1ccc(CCC2CCN(C(=O)c3cccc(OCC(=O)N(C)C)c3)CC2)cc1. The zero-order valence-electron chi connectivity index (χ0n) is 18.7. The van der Waals surface area contributed by atoms with Crippen molar-refractivity contribution in [1.29, 1.82) is 0 Å². The number of carbonyl (C=O) groups excluding carboxylic acids is 2. The lowest BCUT2D eigenvalue weighted by Crippen LogP contribution is -2.38. The number of aryl methyl sites for hydroxylation is 1. The molecule has 1 aliphatic heterocycles. The van der Waals surface area contributed by atoms with Crippen molar-refractivity contribution in [1.82, 2.24) is 9.80 Å². The third kappa shape index (κ3) is 6.48. The van der Waals surface area contributed by atoms with Crippen LogP contribution in [0.2, 0.25) is 0 Å². The van der Waals surface area contributed by atoms with Gasteiger partial charge in [-0.25, -0.2) is 0 Å². The van der Waals surface area contributed by atoms with Gasteiger partial charge in [0.2, 0.25) is 0 Å². The van der Waals surface area contributed by atoms with Crippen LogP contribution in [-0.4, -0.2) is 62.5 Å². The molecule has 6 heteroatoms. The Kier molecular flexibility index (Phi) is 7.93. The molecule has 2 amide bonds. The van der Waals surface area contributed by atoms with E-state index in [4.69, 9.17) is 9.47 Å². The van der Waals surface area contributed by atoms with Gasteiger partial charge in [0.25, 0.3) is 11.8 Å². The van der Waals surface area contributed by atoms with Gasteiger partial charge in [-0.1, -0.05) is 18.2 Å². The average Bonchev–Trinajstić information content (AvgIpc) is 2.81. The highest BCUT2D eigenvalue weighted by Gasteiger charge is 2.23. The molecule has 0 N–H and O–H groups in total. The van der Waals surface area contributed by atoms with Crippen LogP contribution in [0.1, 0.15) is 35.2 Å². The second-order valence-corrected chi connectivity index (χ2v) is 8.23. The maximum atomic E-state index is 12.9. The number of hydrogen-bond acceptors (Lipinski definition) is 4. The number of piperidine rings is 1. The van der Waals surface area contributed by atoms with Crippen molar-refractivity contribution < 1.29 is 19.1 Å². The summed E-state index contributed by atoms with van der Waals surface area (Å²) < 4.78 is 10.8. The first-order valence-electron chi connectivity index (χ1n) is 10.8.